The second-order valence-corrected chi connectivity index (χ2v) is 3.90. The van der Waals surface area contributed by atoms with E-state index in [-0.39, 0.29) is 11.3 Å². The number of halogens is 2. The van der Waals surface area contributed by atoms with E-state index < -0.39 is 5.82 Å². The van der Waals surface area contributed by atoms with Crippen LogP contribution in [0.15, 0.2) is 10.5 Å². The summed E-state index contributed by atoms with van der Waals surface area (Å²) in [5, 5.41) is 0. The number of carbonyl (C=O) groups is 1. The maximum absolute atomic E-state index is 13.5. The van der Waals surface area contributed by atoms with E-state index in [4.69, 9.17) is 0 Å². The molecular weight excluding hydrogens is 235 g/mol. The second kappa shape index (κ2) is 3.58. The molecule has 0 fully saturated rings. The SMILES string of the molecule is CC(=O)c1c(C)c(Br)cc(C)c1F. The van der Waals surface area contributed by atoms with Crippen LogP contribution in [0.1, 0.15) is 28.4 Å². The molecule has 0 heterocycles. The molecule has 0 aliphatic rings. The van der Waals surface area contributed by atoms with Gasteiger partial charge in [-0.3, -0.25) is 4.79 Å². The lowest BCUT2D eigenvalue weighted by atomic mass is 10.0. The third-order valence-corrected chi connectivity index (χ3v) is 2.82. The summed E-state index contributed by atoms with van der Waals surface area (Å²) in [4.78, 5) is 11.1. The minimum Gasteiger partial charge on any atom is -0.294 e. The number of ketones is 1. The van der Waals surface area contributed by atoms with E-state index in [1.807, 2.05) is 0 Å². The summed E-state index contributed by atoms with van der Waals surface area (Å²) in [5.41, 5.74) is 1.34. The molecule has 0 saturated carbocycles. The summed E-state index contributed by atoms with van der Waals surface area (Å²) in [5.74, 6) is -0.646. The van der Waals surface area contributed by atoms with Gasteiger partial charge >= 0.3 is 0 Å². The van der Waals surface area contributed by atoms with E-state index in [2.05, 4.69) is 15.9 Å². The van der Waals surface area contributed by atoms with Gasteiger partial charge in [-0.2, -0.15) is 0 Å². The van der Waals surface area contributed by atoms with Gasteiger partial charge in [-0.1, -0.05) is 15.9 Å². The number of hydrogen-bond acceptors (Lipinski definition) is 1. The zero-order valence-corrected chi connectivity index (χ0v) is 9.33. The largest absolute Gasteiger partial charge is 0.294 e. The highest BCUT2D eigenvalue weighted by molar-refractivity contribution is 9.10. The molecule has 1 aromatic carbocycles. The van der Waals surface area contributed by atoms with Crippen LogP contribution in [0.3, 0.4) is 0 Å². The molecule has 0 amide bonds. The van der Waals surface area contributed by atoms with Crippen LogP contribution >= 0.6 is 15.9 Å². The van der Waals surface area contributed by atoms with Gasteiger partial charge in [-0.15, -0.1) is 0 Å². The Morgan fingerprint density at radius 1 is 1.46 bits per heavy atom. The first kappa shape index (κ1) is 10.4. The van der Waals surface area contributed by atoms with Gasteiger partial charge in [0, 0.05) is 4.47 Å². The molecule has 0 unspecified atom stereocenters. The van der Waals surface area contributed by atoms with Crippen LogP contribution in [0.5, 0.6) is 0 Å². The van der Waals surface area contributed by atoms with Crippen LogP contribution < -0.4 is 0 Å². The van der Waals surface area contributed by atoms with Crippen molar-refractivity contribution in [1.29, 1.82) is 0 Å². The number of hydrogen-bond donors (Lipinski definition) is 0. The van der Waals surface area contributed by atoms with Crippen LogP contribution in [0.4, 0.5) is 4.39 Å². The van der Waals surface area contributed by atoms with Gasteiger partial charge in [-0.05, 0) is 38.0 Å². The Hall–Kier alpha value is -0.700. The first-order valence-electron chi connectivity index (χ1n) is 3.91. The van der Waals surface area contributed by atoms with Gasteiger partial charge in [0.1, 0.15) is 5.82 Å². The molecule has 70 valence electrons. The Balaban J connectivity index is 3.56. The van der Waals surface area contributed by atoms with Crippen molar-refractivity contribution >= 4 is 21.7 Å². The predicted octanol–water partition coefficient (Wildman–Crippen LogP) is 3.41. The van der Waals surface area contributed by atoms with E-state index in [9.17, 15) is 9.18 Å². The molecule has 0 N–H and O–H groups in total. The summed E-state index contributed by atoms with van der Waals surface area (Å²) in [6.07, 6.45) is 0. The molecule has 0 aromatic heterocycles. The molecule has 0 saturated heterocycles. The average molecular weight is 245 g/mol. The highest BCUT2D eigenvalue weighted by atomic mass is 79.9. The Bertz CT molecular complexity index is 345. The Labute approximate surface area is 85.1 Å². The number of Topliss-reactive ketones (excluding diaryl/α,β-unsaturated/α-hetero) is 1. The molecule has 0 aliphatic heterocycles. The maximum atomic E-state index is 13.5. The summed E-state index contributed by atoms with van der Waals surface area (Å²) in [6, 6.07) is 1.68. The van der Waals surface area contributed by atoms with Crippen molar-refractivity contribution in [2.45, 2.75) is 20.8 Å². The second-order valence-electron chi connectivity index (χ2n) is 3.05. The van der Waals surface area contributed by atoms with E-state index in [1.165, 1.54) is 6.92 Å². The zero-order chi connectivity index (χ0) is 10.2. The van der Waals surface area contributed by atoms with Crippen LogP contribution in [0.2, 0.25) is 0 Å². The van der Waals surface area contributed by atoms with Crippen LogP contribution in [0.25, 0.3) is 0 Å². The van der Waals surface area contributed by atoms with Gasteiger partial charge in [0.05, 0.1) is 5.56 Å². The monoisotopic (exact) mass is 244 g/mol. The number of benzene rings is 1. The molecule has 1 aromatic rings. The zero-order valence-electron chi connectivity index (χ0n) is 7.74. The standard InChI is InChI=1S/C10H10BrFO/c1-5-4-8(11)6(2)9(7(3)13)10(5)12/h4H,1-3H3. The quantitative estimate of drug-likeness (QED) is 0.693. The fraction of sp³-hybridized carbons (Fsp3) is 0.300. The van der Waals surface area contributed by atoms with E-state index in [1.54, 1.807) is 19.9 Å². The van der Waals surface area contributed by atoms with Crippen molar-refractivity contribution in [3.63, 3.8) is 0 Å². The van der Waals surface area contributed by atoms with E-state index in [0.29, 0.717) is 11.1 Å². The molecule has 0 radical (unpaired) electrons. The first-order valence-corrected chi connectivity index (χ1v) is 4.70. The number of rotatable bonds is 1. The van der Waals surface area contributed by atoms with Crippen molar-refractivity contribution in [2.75, 3.05) is 0 Å². The van der Waals surface area contributed by atoms with Gasteiger partial charge < -0.3 is 0 Å². The molecule has 1 nitrogen and oxygen atoms in total. The molecule has 13 heavy (non-hydrogen) atoms. The van der Waals surface area contributed by atoms with Crippen LogP contribution in [0, 0.1) is 19.7 Å². The summed E-state index contributed by atoms with van der Waals surface area (Å²) in [6.45, 7) is 4.74. The van der Waals surface area contributed by atoms with Crippen molar-refractivity contribution in [3.05, 3.63) is 33.0 Å². The van der Waals surface area contributed by atoms with Crippen LogP contribution in [-0.2, 0) is 0 Å². The first-order chi connectivity index (χ1) is 5.95. The highest BCUT2D eigenvalue weighted by Gasteiger charge is 2.15. The highest BCUT2D eigenvalue weighted by Crippen LogP contribution is 2.25. The smallest absolute Gasteiger partial charge is 0.163 e. The van der Waals surface area contributed by atoms with Crippen molar-refractivity contribution in [1.82, 2.24) is 0 Å². The molecule has 3 heteroatoms. The molecule has 0 atom stereocenters. The topological polar surface area (TPSA) is 17.1 Å². The maximum Gasteiger partial charge on any atom is 0.163 e. The third-order valence-electron chi connectivity index (χ3n) is 1.99. The fourth-order valence-corrected chi connectivity index (χ4v) is 1.80. The van der Waals surface area contributed by atoms with Crippen molar-refractivity contribution in [3.8, 4) is 0 Å². The van der Waals surface area contributed by atoms with Gasteiger partial charge in [0.2, 0.25) is 0 Å². The van der Waals surface area contributed by atoms with Gasteiger partial charge in [0.15, 0.2) is 5.78 Å². The summed E-state index contributed by atoms with van der Waals surface area (Å²) < 4.78 is 14.2. The fourth-order valence-electron chi connectivity index (χ4n) is 1.26. The van der Waals surface area contributed by atoms with Gasteiger partial charge in [0.25, 0.3) is 0 Å². The Morgan fingerprint density at radius 3 is 2.46 bits per heavy atom. The number of aryl methyl sites for hydroxylation is 1. The number of carbonyl (C=O) groups excluding carboxylic acids is 1. The minimum atomic E-state index is -0.409. The van der Waals surface area contributed by atoms with Crippen molar-refractivity contribution in [2.24, 2.45) is 0 Å². The van der Waals surface area contributed by atoms with Crippen molar-refractivity contribution < 1.29 is 9.18 Å². The van der Waals surface area contributed by atoms with Crippen LogP contribution in [-0.4, -0.2) is 5.78 Å². The Kier molecular flexibility index (Phi) is 2.86. The van der Waals surface area contributed by atoms with E-state index >= 15 is 0 Å². The molecule has 0 bridgehead atoms. The van der Waals surface area contributed by atoms with Gasteiger partial charge in [-0.25, -0.2) is 4.39 Å². The third kappa shape index (κ3) is 1.80. The lowest BCUT2D eigenvalue weighted by Crippen LogP contribution is -2.03. The Morgan fingerprint density at radius 2 is 2.00 bits per heavy atom. The lowest BCUT2D eigenvalue weighted by molar-refractivity contribution is 0.101. The molecular formula is C10H10BrFO. The minimum absolute atomic E-state index is 0.187. The van der Waals surface area contributed by atoms with E-state index in [0.717, 1.165) is 4.47 Å². The predicted molar refractivity (Wildman–Crippen MR) is 53.6 cm³/mol. The molecule has 0 spiro atoms. The molecule has 1 rings (SSSR count). The molecule has 0 aliphatic carbocycles. The summed E-state index contributed by atoms with van der Waals surface area (Å²) in [7, 11) is 0. The summed E-state index contributed by atoms with van der Waals surface area (Å²) >= 11 is 3.28. The normalized spacial score (nSPS) is 10.2. The lowest BCUT2D eigenvalue weighted by Gasteiger charge is -2.08. The average Bonchev–Trinajstić information content (AvgIpc) is 2.01.